The number of carbonyl (C=O) groups excluding carboxylic acids is 2. The molecule has 0 unspecified atom stereocenters. The highest BCUT2D eigenvalue weighted by atomic mass is 35.5. The second kappa shape index (κ2) is 9.11. The molecule has 162 valence electrons. The van der Waals surface area contributed by atoms with Crippen molar-refractivity contribution in [1.29, 1.82) is 0 Å². The first-order valence-corrected chi connectivity index (χ1v) is 10.2. The van der Waals surface area contributed by atoms with Crippen LogP contribution in [0.2, 0.25) is 5.02 Å². The first-order chi connectivity index (χ1) is 15.4. The van der Waals surface area contributed by atoms with Crippen molar-refractivity contribution in [1.82, 2.24) is 5.32 Å². The quantitative estimate of drug-likeness (QED) is 0.512. The number of nitrogens with one attached hydrogen (secondary N) is 2. The number of ether oxygens (including phenoxy) is 1. The molecule has 7 nitrogen and oxygen atoms in total. The Morgan fingerprint density at radius 3 is 2.19 bits per heavy atom. The zero-order chi connectivity index (χ0) is 22.7. The van der Waals surface area contributed by atoms with Crippen molar-refractivity contribution in [2.75, 3.05) is 18.5 Å². The number of hydrogen-bond acceptors (Lipinski definition) is 4. The van der Waals surface area contributed by atoms with Crippen LogP contribution < -0.4 is 10.6 Å². The van der Waals surface area contributed by atoms with Gasteiger partial charge in [0.2, 0.25) is 5.91 Å². The number of benzene rings is 3. The fourth-order valence-corrected chi connectivity index (χ4v) is 3.97. The van der Waals surface area contributed by atoms with Gasteiger partial charge in [-0.05, 0) is 40.5 Å². The lowest BCUT2D eigenvalue weighted by Gasteiger charge is -2.14. The van der Waals surface area contributed by atoms with Gasteiger partial charge < -0.3 is 20.5 Å². The third-order valence-corrected chi connectivity index (χ3v) is 5.46. The Bertz CT molecular complexity index is 1160. The van der Waals surface area contributed by atoms with Gasteiger partial charge in [-0.1, -0.05) is 60.1 Å². The predicted molar refractivity (Wildman–Crippen MR) is 120 cm³/mol. The maximum absolute atomic E-state index is 12.2. The number of fused-ring (bicyclic) bond motifs is 3. The molecule has 3 aromatic carbocycles. The van der Waals surface area contributed by atoms with Crippen LogP contribution in [0.1, 0.15) is 27.4 Å². The largest absolute Gasteiger partial charge is 0.478 e. The Morgan fingerprint density at radius 1 is 0.938 bits per heavy atom. The number of aromatic carboxylic acids is 1. The topological polar surface area (TPSA) is 105 Å². The number of hydrogen-bond donors (Lipinski definition) is 3. The number of amides is 2. The van der Waals surface area contributed by atoms with Crippen molar-refractivity contribution in [2.24, 2.45) is 0 Å². The van der Waals surface area contributed by atoms with Gasteiger partial charge in [0, 0.05) is 10.9 Å². The average molecular weight is 451 g/mol. The van der Waals surface area contributed by atoms with Crippen LogP contribution in [0.4, 0.5) is 10.5 Å². The summed E-state index contributed by atoms with van der Waals surface area (Å²) in [6, 6.07) is 20.0. The molecule has 0 saturated heterocycles. The van der Waals surface area contributed by atoms with E-state index in [9.17, 15) is 19.5 Å². The van der Waals surface area contributed by atoms with Crippen molar-refractivity contribution in [3.63, 3.8) is 0 Å². The van der Waals surface area contributed by atoms with E-state index >= 15 is 0 Å². The monoisotopic (exact) mass is 450 g/mol. The summed E-state index contributed by atoms with van der Waals surface area (Å²) in [6.45, 7) is -0.263. The Kier molecular flexibility index (Phi) is 6.09. The lowest BCUT2D eigenvalue weighted by Crippen LogP contribution is -2.34. The van der Waals surface area contributed by atoms with Crippen molar-refractivity contribution in [2.45, 2.75) is 5.92 Å². The zero-order valence-corrected chi connectivity index (χ0v) is 17.6. The second-order valence-corrected chi connectivity index (χ2v) is 7.66. The molecule has 3 N–H and O–H groups in total. The fraction of sp³-hybridized carbons (Fsp3) is 0.125. The first-order valence-electron chi connectivity index (χ1n) is 9.85. The van der Waals surface area contributed by atoms with Crippen LogP contribution in [0.25, 0.3) is 11.1 Å². The molecule has 0 spiro atoms. The van der Waals surface area contributed by atoms with E-state index in [1.807, 2.05) is 48.5 Å². The third-order valence-electron chi connectivity index (χ3n) is 5.22. The van der Waals surface area contributed by atoms with Crippen LogP contribution in [-0.2, 0) is 9.53 Å². The highest BCUT2D eigenvalue weighted by Gasteiger charge is 2.29. The molecule has 1 aliphatic carbocycles. The molecular formula is C24H19ClN2O5. The lowest BCUT2D eigenvalue weighted by atomic mass is 9.98. The molecule has 0 heterocycles. The van der Waals surface area contributed by atoms with E-state index in [1.54, 1.807) is 0 Å². The van der Waals surface area contributed by atoms with Crippen molar-refractivity contribution < 1.29 is 24.2 Å². The van der Waals surface area contributed by atoms with Crippen LogP contribution in [0.15, 0.2) is 66.7 Å². The van der Waals surface area contributed by atoms with E-state index in [-0.39, 0.29) is 35.3 Å². The zero-order valence-electron chi connectivity index (χ0n) is 16.8. The van der Waals surface area contributed by atoms with Crippen molar-refractivity contribution in [3.05, 3.63) is 88.4 Å². The smallest absolute Gasteiger partial charge is 0.407 e. The first kappa shape index (κ1) is 21.4. The summed E-state index contributed by atoms with van der Waals surface area (Å²) < 4.78 is 5.38. The summed E-state index contributed by atoms with van der Waals surface area (Å²) in [5.41, 5.74) is 4.34. The summed E-state index contributed by atoms with van der Waals surface area (Å²) in [7, 11) is 0. The van der Waals surface area contributed by atoms with Gasteiger partial charge in [0.25, 0.3) is 0 Å². The predicted octanol–water partition coefficient (Wildman–Crippen LogP) is 4.52. The van der Waals surface area contributed by atoms with Gasteiger partial charge >= 0.3 is 12.1 Å². The van der Waals surface area contributed by atoms with Gasteiger partial charge in [0.1, 0.15) is 13.2 Å². The van der Waals surface area contributed by atoms with E-state index in [2.05, 4.69) is 10.6 Å². The third kappa shape index (κ3) is 4.43. The van der Waals surface area contributed by atoms with E-state index in [0.717, 1.165) is 22.3 Å². The number of halogens is 1. The van der Waals surface area contributed by atoms with Gasteiger partial charge in [0.15, 0.2) is 0 Å². The summed E-state index contributed by atoms with van der Waals surface area (Å²) in [6.07, 6.45) is -0.744. The molecule has 1 aliphatic rings. The minimum absolute atomic E-state index is 0.0457. The van der Waals surface area contributed by atoms with Gasteiger partial charge in [-0.15, -0.1) is 0 Å². The van der Waals surface area contributed by atoms with Gasteiger partial charge in [-0.25, -0.2) is 9.59 Å². The number of anilines is 1. The Morgan fingerprint density at radius 2 is 1.56 bits per heavy atom. The standard InChI is InChI=1S/C24H19ClN2O5/c25-14-9-10-19(23(29)30)21(11-14)27-22(28)12-26-24(31)32-13-20-17-7-3-1-5-15(17)16-6-2-4-8-18(16)20/h1-11,20H,12-13H2,(H,26,31)(H,27,28)(H,29,30). The van der Waals surface area contributed by atoms with Gasteiger partial charge in [-0.2, -0.15) is 0 Å². The Hall–Kier alpha value is -3.84. The van der Waals surface area contributed by atoms with Crippen LogP contribution in [0.5, 0.6) is 0 Å². The lowest BCUT2D eigenvalue weighted by molar-refractivity contribution is -0.115. The molecule has 0 radical (unpaired) electrons. The Balaban J connectivity index is 1.34. The molecule has 0 atom stereocenters. The summed E-state index contributed by atoms with van der Waals surface area (Å²) >= 11 is 5.87. The summed E-state index contributed by atoms with van der Waals surface area (Å²) in [5, 5.41) is 14.3. The normalized spacial score (nSPS) is 11.9. The molecule has 4 rings (SSSR count). The second-order valence-electron chi connectivity index (χ2n) is 7.22. The maximum atomic E-state index is 12.2. The van der Waals surface area contributed by atoms with Crippen LogP contribution >= 0.6 is 11.6 Å². The van der Waals surface area contributed by atoms with E-state index in [1.165, 1.54) is 18.2 Å². The van der Waals surface area contributed by atoms with E-state index in [0.29, 0.717) is 0 Å². The molecule has 0 fully saturated rings. The molecule has 0 aromatic heterocycles. The van der Waals surface area contributed by atoms with Crippen LogP contribution in [-0.4, -0.2) is 36.2 Å². The number of carbonyl (C=O) groups is 3. The van der Waals surface area contributed by atoms with E-state index in [4.69, 9.17) is 16.3 Å². The molecule has 2 amide bonds. The molecule has 0 saturated carbocycles. The maximum Gasteiger partial charge on any atom is 0.407 e. The minimum Gasteiger partial charge on any atom is -0.478 e. The summed E-state index contributed by atoms with van der Waals surface area (Å²) in [5.74, 6) is -1.91. The van der Waals surface area contributed by atoms with Crippen LogP contribution in [0.3, 0.4) is 0 Å². The molecule has 32 heavy (non-hydrogen) atoms. The molecule has 0 aliphatic heterocycles. The summed E-state index contributed by atoms with van der Waals surface area (Å²) in [4.78, 5) is 35.6. The fourth-order valence-electron chi connectivity index (χ4n) is 3.80. The number of rotatable bonds is 6. The number of carboxylic acids is 1. The van der Waals surface area contributed by atoms with Crippen molar-refractivity contribution >= 4 is 35.3 Å². The molecule has 8 heteroatoms. The number of carboxylic acid groups (broad SMARTS) is 1. The van der Waals surface area contributed by atoms with E-state index < -0.39 is 18.0 Å². The van der Waals surface area contributed by atoms with Crippen LogP contribution in [0, 0.1) is 0 Å². The highest BCUT2D eigenvalue weighted by molar-refractivity contribution is 6.31. The number of alkyl carbamates (subject to hydrolysis) is 1. The Labute approximate surface area is 189 Å². The SMILES string of the molecule is O=C(CNC(=O)OCC1c2ccccc2-c2ccccc21)Nc1cc(Cl)ccc1C(=O)O. The molecule has 0 bridgehead atoms. The van der Waals surface area contributed by atoms with Gasteiger partial charge in [0.05, 0.1) is 11.3 Å². The minimum atomic E-state index is -1.21. The highest BCUT2D eigenvalue weighted by Crippen LogP contribution is 2.44. The molecular weight excluding hydrogens is 432 g/mol. The van der Waals surface area contributed by atoms with Gasteiger partial charge in [-0.3, -0.25) is 4.79 Å². The van der Waals surface area contributed by atoms with Crippen molar-refractivity contribution in [3.8, 4) is 11.1 Å². The molecule has 3 aromatic rings. The average Bonchev–Trinajstić information content (AvgIpc) is 3.10.